The fraction of sp³-hybridized carbons (Fsp3) is 0.364. The first-order chi connectivity index (χ1) is 14.8. The third-order valence-corrected chi connectivity index (χ3v) is 6.01. The first-order valence-corrected chi connectivity index (χ1v) is 11.0. The van der Waals surface area contributed by atoms with E-state index in [1.165, 1.54) is 6.92 Å². The van der Waals surface area contributed by atoms with Crippen molar-refractivity contribution in [3.63, 3.8) is 0 Å². The molecule has 1 amide bonds. The van der Waals surface area contributed by atoms with Crippen LogP contribution in [0.15, 0.2) is 34.9 Å². The van der Waals surface area contributed by atoms with Gasteiger partial charge in [-0.25, -0.2) is 19.3 Å². The molecule has 0 bridgehead atoms. The first kappa shape index (κ1) is 21.4. The lowest BCUT2D eigenvalue weighted by Gasteiger charge is -2.20. The maximum atomic E-state index is 14.6. The van der Waals surface area contributed by atoms with Crippen molar-refractivity contribution in [1.82, 2.24) is 20.3 Å². The summed E-state index contributed by atoms with van der Waals surface area (Å²) in [7, 11) is 0. The zero-order chi connectivity index (χ0) is 22.1. The van der Waals surface area contributed by atoms with Crippen LogP contribution < -0.4 is 15.5 Å². The molecule has 0 spiro atoms. The van der Waals surface area contributed by atoms with Gasteiger partial charge >= 0.3 is 0 Å². The second kappa shape index (κ2) is 8.74. The van der Waals surface area contributed by atoms with Gasteiger partial charge in [0.05, 0.1) is 22.2 Å². The van der Waals surface area contributed by atoms with Gasteiger partial charge in [-0.1, -0.05) is 12.1 Å². The number of carbonyl (C=O) groups is 1. The standard InChI is InChI=1S/C22H24BrFN6O/c1-12(16-5-4-6-18(23)21(16)24)26-22-17-9-20(25-10-19(17)27-13(2)28-22)30-8-7-15(11-30)29-14(3)31/h4-6,9-10,12,15H,7-8,11H2,1-3H3,(H,29,31)(H,26,27,28)/t12-,15-/m1/s1. The molecular weight excluding hydrogens is 463 g/mol. The Hall–Kier alpha value is -2.81. The highest BCUT2D eigenvalue weighted by atomic mass is 79.9. The van der Waals surface area contributed by atoms with Crippen molar-refractivity contribution in [3.8, 4) is 0 Å². The summed E-state index contributed by atoms with van der Waals surface area (Å²) in [5, 5.41) is 7.13. The summed E-state index contributed by atoms with van der Waals surface area (Å²) < 4.78 is 15.0. The van der Waals surface area contributed by atoms with E-state index in [0.717, 1.165) is 29.7 Å². The van der Waals surface area contributed by atoms with E-state index in [0.29, 0.717) is 28.2 Å². The molecule has 0 aliphatic carbocycles. The minimum Gasteiger partial charge on any atom is -0.363 e. The average Bonchev–Trinajstić information content (AvgIpc) is 3.17. The predicted molar refractivity (Wildman–Crippen MR) is 123 cm³/mol. The second-order valence-corrected chi connectivity index (χ2v) is 8.67. The first-order valence-electron chi connectivity index (χ1n) is 10.2. The fourth-order valence-corrected chi connectivity index (χ4v) is 4.31. The van der Waals surface area contributed by atoms with Crippen LogP contribution in [0, 0.1) is 12.7 Å². The minimum atomic E-state index is -0.303. The molecule has 3 heterocycles. The zero-order valence-corrected chi connectivity index (χ0v) is 19.2. The van der Waals surface area contributed by atoms with Gasteiger partial charge in [-0.15, -0.1) is 0 Å². The molecule has 2 atom stereocenters. The van der Waals surface area contributed by atoms with Gasteiger partial charge in [0.25, 0.3) is 0 Å². The summed E-state index contributed by atoms with van der Waals surface area (Å²) in [6, 6.07) is 7.01. The summed E-state index contributed by atoms with van der Waals surface area (Å²) in [5.41, 5.74) is 1.27. The molecule has 7 nitrogen and oxygen atoms in total. The molecule has 2 aromatic heterocycles. The summed E-state index contributed by atoms with van der Waals surface area (Å²) in [6.45, 7) is 6.76. The number of hydrogen-bond donors (Lipinski definition) is 2. The van der Waals surface area contributed by atoms with Crippen molar-refractivity contribution < 1.29 is 9.18 Å². The van der Waals surface area contributed by atoms with Gasteiger partial charge in [0.15, 0.2) is 0 Å². The fourth-order valence-electron chi connectivity index (χ4n) is 3.93. The Balaban J connectivity index is 1.65. The van der Waals surface area contributed by atoms with E-state index in [-0.39, 0.29) is 23.8 Å². The van der Waals surface area contributed by atoms with Gasteiger partial charge in [0, 0.05) is 37.0 Å². The van der Waals surface area contributed by atoms with Crippen LogP contribution >= 0.6 is 15.9 Å². The van der Waals surface area contributed by atoms with Gasteiger partial charge in [-0.3, -0.25) is 4.79 Å². The van der Waals surface area contributed by atoms with Gasteiger partial charge in [-0.05, 0) is 48.3 Å². The number of nitrogens with one attached hydrogen (secondary N) is 2. The van der Waals surface area contributed by atoms with Crippen LogP contribution in [0.3, 0.4) is 0 Å². The summed E-state index contributed by atoms with van der Waals surface area (Å²) in [5.74, 6) is 1.73. The molecule has 0 radical (unpaired) electrons. The quantitative estimate of drug-likeness (QED) is 0.564. The molecule has 3 aromatic rings. The van der Waals surface area contributed by atoms with E-state index in [9.17, 15) is 9.18 Å². The van der Waals surface area contributed by atoms with Gasteiger partial charge < -0.3 is 15.5 Å². The van der Waals surface area contributed by atoms with E-state index in [1.807, 2.05) is 26.0 Å². The largest absolute Gasteiger partial charge is 0.363 e. The Kier molecular flexibility index (Phi) is 6.04. The van der Waals surface area contributed by atoms with Crippen LogP contribution in [0.2, 0.25) is 0 Å². The third-order valence-electron chi connectivity index (χ3n) is 5.40. The number of aromatic nitrogens is 3. The lowest BCUT2D eigenvalue weighted by atomic mass is 10.1. The number of fused-ring (bicyclic) bond motifs is 1. The molecule has 31 heavy (non-hydrogen) atoms. The normalized spacial score (nSPS) is 17.1. The Bertz CT molecular complexity index is 1140. The number of anilines is 2. The Morgan fingerprint density at radius 3 is 2.94 bits per heavy atom. The van der Waals surface area contributed by atoms with Crippen LogP contribution in [-0.4, -0.2) is 40.0 Å². The van der Waals surface area contributed by atoms with E-state index in [2.05, 4.69) is 46.4 Å². The lowest BCUT2D eigenvalue weighted by molar-refractivity contribution is -0.119. The van der Waals surface area contributed by atoms with Gasteiger partial charge in [-0.2, -0.15) is 0 Å². The molecule has 0 unspecified atom stereocenters. The van der Waals surface area contributed by atoms with Crippen molar-refractivity contribution in [2.24, 2.45) is 0 Å². The van der Waals surface area contributed by atoms with Crippen LogP contribution in [0.5, 0.6) is 0 Å². The number of hydrogen-bond acceptors (Lipinski definition) is 6. The van der Waals surface area contributed by atoms with E-state index < -0.39 is 0 Å². The number of amides is 1. The molecule has 9 heteroatoms. The number of nitrogens with zero attached hydrogens (tertiary/aromatic N) is 4. The highest BCUT2D eigenvalue weighted by Gasteiger charge is 2.25. The van der Waals surface area contributed by atoms with Crippen LogP contribution in [0.4, 0.5) is 16.0 Å². The number of pyridine rings is 1. The third kappa shape index (κ3) is 4.61. The minimum absolute atomic E-state index is 0.0255. The maximum absolute atomic E-state index is 14.6. The molecule has 162 valence electrons. The highest BCUT2D eigenvalue weighted by Crippen LogP contribution is 2.30. The Morgan fingerprint density at radius 2 is 2.16 bits per heavy atom. The second-order valence-electron chi connectivity index (χ2n) is 7.82. The van der Waals surface area contributed by atoms with Crippen molar-refractivity contribution in [3.05, 3.63) is 52.1 Å². The molecule has 1 aliphatic rings. The molecule has 1 saturated heterocycles. The smallest absolute Gasteiger partial charge is 0.217 e. The van der Waals surface area contributed by atoms with Crippen molar-refractivity contribution in [1.29, 1.82) is 0 Å². The number of rotatable bonds is 5. The Morgan fingerprint density at radius 1 is 1.35 bits per heavy atom. The Labute approximate surface area is 188 Å². The SMILES string of the molecule is CC(=O)N[C@@H]1CCN(c2cc3c(N[C@H](C)c4cccc(Br)c4F)nc(C)nc3cn2)C1. The zero-order valence-electron chi connectivity index (χ0n) is 17.6. The number of carbonyl (C=O) groups excluding carboxylic acids is 1. The van der Waals surface area contributed by atoms with E-state index >= 15 is 0 Å². The molecule has 4 rings (SSSR count). The van der Waals surface area contributed by atoms with Gasteiger partial charge in [0.2, 0.25) is 5.91 Å². The summed E-state index contributed by atoms with van der Waals surface area (Å²) >= 11 is 3.25. The molecule has 1 aliphatic heterocycles. The topological polar surface area (TPSA) is 83.0 Å². The monoisotopic (exact) mass is 486 g/mol. The predicted octanol–water partition coefficient (Wildman–Crippen LogP) is 4.12. The van der Waals surface area contributed by atoms with Crippen LogP contribution in [0.25, 0.3) is 10.9 Å². The van der Waals surface area contributed by atoms with Crippen molar-refractivity contribution in [2.75, 3.05) is 23.3 Å². The average molecular weight is 487 g/mol. The maximum Gasteiger partial charge on any atom is 0.217 e. The lowest BCUT2D eigenvalue weighted by Crippen LogP contribution is -2.35. The van der Waals surface area contributed by atoms with Crippen LogP contribution in [0.1, 0.15) is 37.7 Å². The molecule has 2 N–H and O–H groups in total. The number of halogens is 2. The van der Waals surface area contributed by atoms with Gasteiger partial charge in [0.1, 0.15) is 23.3 Å². The van der Waals surface area contributed by atoms with Crippen molar-refractivity contribution >= 4 is 44.4 Å². The van der Waals surface area contributed by atoms with Crippen LogP contribution in [-0.2, 0) is 4.79 Å². The summed E-state index contributed by atoms with van der Waals surface area (Å²) in [6.07, 6.45) is 2.61. The molecule has 0 saturated carbocycles. The van der Waals surface area contributed by atoms with Crippen molar-refractivity contribution in [2.45, 2.75) is 39.3 Å². The summed E-state index contributed by atoms with van der Waals surface area (Å²) in [4.78, 5) is 27.2. The van der Waals surface area contributed by atoms with E-state index in [4.69, 9.17) is 0 Å². The number of aryl methyl sites for hydroxylation is 1. The van der Waals surface area contributed by atoms with E-state index in [1.54, 1.807) is 18.3 Å². The number of benzene rings is 1. The molecule has 1 aromatic carbocycles. The highest BCUT2D eigenvalue weighted by molar-refractivity contribution is 9.10. The molecule has 1 fully saturated rings. The molecular formula is C22H24BrFN6O.